The number of guanidine groups is 1. The third-order valence-corrected chi connectivity index (χ3v) is 2.51. The second kappa shape index (κ2) is 5.83. The molecule has 5 N–H and O–H groups in total. The van der Waals surface area contributed by atoms with Gasteiger partial charge < -0.3 is 16.8 Å². The molecule has 1 aromatic heterocycles. The summed E-state index contributed by atoms with van der Waals surface area (Å²) in [4.78, 5) is 19.1. The molecule has 0 unspecified atom stereocenters. The van der Waals surface area contributed by atoms with E-state index < -0.39 is 0 Å². The summed E-state index contributed by atoms with van der Waals surface area (Å²) in [6.45, 7) is 1.47. The van der Waals surface area contributed by atoms with Crippen LogP contribution in [0.3, 0.4) is 0 Å². The number of aliphatic imine (C=N–C) groups is 1. The molecule has 0 aliphatic heterocycles. The molecule has 0 fully saturated rings. The van der Waals surface area contributed by atoms with Gasteiger partial charge in [0.2, 0.25) is 5.91 Å². The van der Waals surface area contributed by atoms with E-state index in [9.17, 15) is 4.79 Å². The summed E-state index contributed by atoms with van der Waals surface area (Å²) in [7, 11) is 0. The summed E-state index contributed by atoms with van der Waals surface area (Å²) in [6, 6.07) is 11.1. The molecule has 1 heterocycles. The molecule has 20 heavy (non-hydrogen) atoms. The van der Waals surface area contributed by atoms with Crippen molar-refractivity contribution < 1.29 is 4.79 Å². The van der Waals surface area contributed by atoms with Gasteiger partial charge in [0.25, 0.3) is 0 Å². The first-order chi connectivity index (χ1) is 9.54. The van der Waals surface area contributed by atoms with Crippen LogP contribution in [0.4, 0.5) is 11.5 Å². The fourth-order valence-corrected chi connectivity index (χ4v) is 1.74. The van der Waals surface area contributed by atoms with Crippen LogP contribution in [0, 0.1) is 0 Å². The minimum atomic E-state index is -0.108. The largest absolute Gasteiger partial charge is 0.370 e. The summed E-state index contributed by atoms with van der Waals surface area (Å²) in [5, 5.41) is 2.74. The van der Waals surface area contributed by atoms with Crippen LogP contribution >= 0.6 is 0 Å². The zero-order valence-electron chi connectivity index (χ0n) is 11.0. The van der Waals surface area contributed by atoms with Gasteiger partial charge in [-0.3, -0.25) is 4.79 Å². The fourth-order valence-electron chi connectivity index (χ4n) is 1.74. The Labute approximate surface area is 116 Å². The van der Waals surface area contributed by atoms with E-state index >= 15 is 0 Å². The highest BCUT2D eigenvalue weighted by molar-refractivity contribution is 5.89. The topological polar surface area (TPSA) is 106 Å². The highest BCUT2D eigenvalue weighted by Crippen LogP contribution is 2.23. The molecule has 0 saturated heterocycles. The van der Waals surface area contributed by atoms with Crippen LogP contribution in [-0.4, -0.2) is 16.9 Å². The van der Waals surface area contributed by atoms with Gasteiger partial charge in [0.05, 0.1) is 0 Å². The Morgan fingerprint density at radius 1 is 1.20 bits per heavy atom. The minimum absolute atomic E-state index is 0.0297. The van der Waals surface area contributed by atoms with Crippen molar-refractivity contribution in [2.45, 2.75) is 6.92 Å². The van der Waals surface area contributed by atoms with Crippen molar-refractivity contribution in [2.75, 3.05) is 5.32 Å². The Bertz CT molecular complexity index is 645. The summed E-state index contributed by atoms with van der Waals surface area (Å²) in [5.74, 6) is 0.313. The summed E-state index contributed by atoms with van der Waals surface area (Å²) in [6.07, 6.45) is 1.68. The average molecular weight is 269 g/mol. The van der Waals surface area contributed by atoms with Crippen LogP contribution in [0.5, 0.6) is 0 Å². The molecule has 0 aliphatic rings. The SMILES string of the molecule is CC(=O)Nc1cccc(-c2ccc(N=C(N)N)nc2)c1. The highest BCUT2D eigenvalue weighted by atomic mass is 16.1. The quantitative estimate of drug-likeness (QED) is 0.581. The van der Waals surface area contributed by atoms with Crippen LogP contribution in [0.25, 0.3) is 11.1 Å². The van der Waals surface area contributed by atoms with E-state index in [0.29, 0.717) is 5.82 Å². The van der Waals surface area contributed by atoms with Crippen molar-refractivity contribution in [3.63, 3.8) is 0 Å². The summed E-state index contributed by atoms with van der Waals surface area (Å²) < 4.78 is 0. The van der Waals surface area contributed by atoms with Gasteiger partial charge >= 0.3 is 0 Å². The van der Waals surface area contributed by atoms with E-state index in [1.807, 2.05) is 30.3 Å². The van der Waals surface area contributed by atoms with Gasteiger partial charge in [-0.1, -0.05) is 12.1 Å². The molecule has 0 bridgehead atoms. The number of nitrogens with zero attached hydrogens (tertiary/aromatic N) is 2. The molecule has 6 heteroatoms. The molecule has 6 nitrogen and oxygen atoms in total. The Balaban J connectivity index is 2.27. The average Bonchev–Trinajstić information content (AvgIpc) is 2.38. The molecule has 0 saturated carbocycles. The summed E-state index contributed by atoms with van der Waals surface area (Å²) in [5.41, 5.74) is 13.2. The van der Waals surface area contributed by atoms with Crippen molar-refractivity contribution in [1.82, 2.24) is 4.98 Å². The lowest BCUT2D eigenvalue weighted by molar-refractivity contribution is -0.114. The van der Waals surface area contributed by atoms with Crippen molar-refractivity contribution in [1.29, 1.82) is 0 Å². The number of amides is 1. The van der Waals surface area contributed by atoms with Crippen LogP contribution in [0.2, 0.25) is 0 Å². The van der Waals surface area contributed by atoms with E-state index in [4.69, 9.17) is 11.5 Å². The first-order valence-electron chi connectivity index (χ1n) is 5.98. The lowest BCUT2D eigenvalue weighted by Gasteiger charge is -2.06. The van der Waals surface area contributed by atoms with Gasteiger partial charge in [-0.2, -0.15) is 4.99 Å². The molecule has 102 valence electrons. The minimum Gasteiger partial charge on any atom is -0.370 e. The van der Waals surface area contributed by atoms with E-state index in [0.717, 1.165) is 16.8 Å². The molecule has 2 rings (SSSR count). The first kappa shape index (κ1) is 13.5. The van der Waals surface area contributed by atoms with Crippen molar-refractivity contribution in [3.05, 3.63) is 42.6 Å². The number of anilines is 1. The molecule has 0 spiro atoms. The molecular weight excluding hydrogens is 254 g/mol. The van der Waals surface area contributed by atoms with Crippen molar-refractivity contribution in [3.8, 4) is 11.1 Å². The number of carbonyl (C=O) groups is 1. The lowest BCUT2D eigenvalue weighted by Crippen LogP contribution is -2.22. The Morgan fingerprint density at radius 3 is 2.60 bits per heavy atom. The summed E-state index contributed by atoms with van der Waals surface area (Å²) >= 11 is 0. The molecule has 0 radical (unpaired) electrons. The second-order valence-electron chi connectivity index (χ2n) is 4.20. The van der Waals surface area contributed by atoms with Gasteiger partial charge in [0, 0.05) is 24.4 Å². The smallest absolute Gasteiger partial charge is 0.221 e. The van der Waals surface area contributed by atoms with Crippen molar-refractivity contribution in [2.24, 2.45) is 16.5 Å². The number of pyridine rings is 1. The number of rotatable bonds is 3. The van der Waals surface area contributed by atoms with Gasteiger partial charge in [0.1, 0.15) is 0 Å². The number of hydrogen-bond acceptors (Lipinski definition) is 3. The first-order valence-corrected chi connectivity index (χ1v) is 5.98. The monoisotopic (exact) mass is 269 g/mol. The van der Waals surface area contributed by atoms with E-state index in [1.165, 1.54) is 6.92 Å². The molecule has 0 atom stereocenters. The van der Waals surface area contributed by atoms with E-state index in [-0.39, 0.29) is 11.9 Å². The molecule has 1 aromatic carbocycles. The molecule has 0 aliphatic carbocycles. The number of carbonyl (C=O) groups excluding carboxylic acids is 1. The predicted octanol–water partition coefficient (Wildman–Crippen LogP) is 1.61. The predicted molar refractivity (Wildman–Crippen MR) is 79.4 cm³/mol. The van der Waals surface area contributed by atoms with Crippen LogP contribution < -0.4 is 16.8 Å². The van der Waals surface area contributed by atoms with Crippen LogP contribution in [0.15, 0.2) is 47.6 Å². The highest BCUT2D eigenvalue weighted by Gasteiger charge is 2.01. The second-order valence-corrected chi connectivity index (χ2v) is 4.20. The van der Waals surface area contributed by atoms with Crippen molar-refractivity contribution >= 4 is 23.4 Å². The number of aromatic nitrogens is 1. The van der Waals surface area contributed by atoms with Gasteiger partial charge in [-0.05, 0) is 29.8 Å². The maximum Gasteiger partial charge on any atom is 0.221 e. The number of nitrogens with one attached hydrogen (secondary N) is 1. The van der Waals surface area contributed by atoms with Crippen LogP contribution in [-0.2, 0) is 4.79 Å². The Morgan fingerprint density at radius 2 is 2.00 bits per heavy atom. The van der Waals surface area contributed by atoms with Crippen LogP contribution in [0.1, 0.15) is 6.92 Å². The van der Waals surface area contributed by atoms with E-state index in [2.05, 4.69) is 15.3 Å². The maximum atomic E-state index is 11.0. The number of hydrogen-bond donors (Lipinski definition) is 3. The molecule has 1 amide bonds. The van der Waals surface area contributed by atoms with Gasteiger partial charge in [-0.25, -0.2) is 4.98 Å². The molecule has 2 aromatic rings. The van der Waals surface area contributed by atoms with Gasteiger partial charge in [0.15, 0.2) is 11.8 Å². The Kier molecular flexibility index (Phi) is 3.95. The van der Waals surface area contributed by atoms with Gasteiger partial charge in [-0.15, -0.1) is 0 Å². The van der Waals surface area contributed by atoms with E-state index in [1.54, 1.807) is 12.3 Å². The third-order valence-electron chi connectivity index (χ3n) is 2.51. The normalized spacial score (nSPS) is 9.85. The standard InChI is InChI=1S/C14H15N5O/c1-9(20)18-12-4-2-3-10(7-12)11-5-6-13(17-8-11)19-14(15)16/h2-8H,1H3,(H,18,20)(H4,15,16,17,19). The number of nitrogens with two attached hydrogens (primary N) is 2. The maximum absolute atomic E-state index is 11.0. The lowest BCUT2D eigenvalue weighted by atomic mass is 10.1. The zero-order chi connectivity index (χ0) is 14.5. The Hall–Kier alpha value is -2.89. The zero-order valence-corrected chi connectivity index (χ0v) is 11.0. The number of benzene rings is 1. The fraction of sp³-hybridized carbons (Fsp3) is 0.0714. The third kappa shape index (κ3) is 3.55. The molecular formula is C14H15N5O.